The van der Waals surface area contributed by atoms with E-state index >= 15 is 0 Å². The van der Waals surface area contributed by atoms with Gasteiger partial charge in [-0.25, -0.2) is 4.39 Å². The molecule has 0 spiro atoms. The van der Waals surface area contributed by atoms with Crippen molar-refractivity contribution in [1.82, 2.24) is 4.90 Å². The van der Waals surface area contributed by atoms with Crippen LogP contribution < -0.4 is 5.73 Å². The number of piperidine rings is 1. The average molecular weight is 306 g/mol. The molecule has 0 bridgehead atoms. The largest absolute Gasteiger partial charge is 0.389 e. The van der Waals surface area contributed by atoms with Crippen molar-refractivity contribution < 1.29 is 14.3 Å². The van der Waals surface area contributed by atoms with Crippen LogP contribution in [0.3, 0.4) is 0 Å². The van der Waals surface area contributed by atoms with E-state index in [1.807, 2.05) is 4.90 Å². The lowest BCUT2D eigenvalue weighted by molar-refractivity contribution is -0.136. The Hall–Kier alpha value is -1.46. The molecule has 1 aromatic carbocycles. The molecule has 0 aromatic heterocycles. The zero-order valence-electron chi connectivity index (χ0n) is 12.7. The van der Waals surface area contributed by atoms with Gasteiger partial charge in [0.1, 0.15) is 5.82 Å². The maximum atomic E-state index is 13.2. The van der Waals surface area contributed by atoms with Crippen LogP contribution in [0.1, 0.15) is 43.7 Å². The van der Waals surface area contributed by atoms with Gasteiger partial charge in [0.15, 0.2) is 0 Å². The first-order valence-corrected chi connectivity index (χ1v) is 8.00. The first kappa shape index (κ1) is 15.4. The average Bonchev–Trinajstić information content (AvgIpc) is 2.48. The number of aliphatic hydroxyl groups is 1. The van der Waals surface area contributed by atoms with E-state index in [-0.39, 0.29) is 30.2 Å². The number of benzene rings is 1. The summed E-state index contributed by atoms with van der Waals surface area (Å²) in [6.07, 6.45) is 4.52. The smallest absolute Gasteiger partial charge is 0.231 e. The minimum Gasteiger partial charge on any atom is -0.389 e. The van der Waals surface area contributed by atoms with Crippen LogP contribution in [0.4, 0.5) is 4.39 Å². The van der Waals surface area contributed by atoms with Gasteiger partial charge in [0.05, 0.1) is 12.1 Å². The molecule has 1 saturated carbocycles. The Kier molecular flexibility index (Phi) is 4.19. The Bertz CT molecular complexity index is 548. The van der Waals surface area contributed by atoms with Crippen molar-refractivity contribution >= 4 is 5.91 Å². The quantitative estimate of drug-likeness (QED) is 0.897. The molecular formula is C17H23FN2O2. The molecule has 1 amide bonds. The minimum atomic E-state index is -0.675. The first-order valence-electron chi connectivity index (χ1n) is 8.00. The summed E-state index contributed by atoms with van der Waals surface area (Å²) in [7, 11) is 0. The van der Waals surface area contributed by atoms with Gasteiger partial charge in [-0.3, -0.25) is 9.69 Å². The van der Waals surface area contributed by atoms with Crippen LogP contribution in [-0.2, 0) is 4.79 Å². The molecule has 0 unspecified atom stereocenters. The van der Waals surface area contributed by atoms with Gasteiger partial charge >= 0.3 is 0 Å². The normalized spacial score (nSPS) is 32.5. The fourth-order valence-corrected chi connectivity index (χ4v) is 4.22. The van der Waals surface area contributed by atoms with Crippen LogP contribution in [0.25, 0.3) is 0 Å². The maximum Gasteiger partial charge on any atom is 0.231 e. The number of nitrogens with two attached hydrogens (primary N) is 1. The molecule has 0 radical (unpaired) electrons. The van der Waals surface area contributed by atoms with Gasteiger partial charge in [-0.1, -0.05) is 25.0 Å². The summed E-state index contributed by atoms with van der Waals surface area (Å²) in [6.45, 7) is 0.812. The van der Waals surface area contributed by atoms with Gasteiger partial charge in [-0.15, -0.1) is 0 Å². The molecule has 1 saturated heterocycles. The van der Waals surface area contributed by atoms with E-state index in [0.717, 1.165) is 31.2 Å². The fourth-order valence-electron chi connectivity index (χ4n) is 4.22. The number of rotatable bonds is 3. The van der Waals surface area contributed by atoms with E-state index in [1.165, 1.54) is 12.1 Å². The molecule has 1 aromatic rings. The van der Waals surface area contributed by atoms with Crippen molar-refractivity contribution in [2.24, 2.45) is 11.7 Å². The highest BCUT2D eigenvalue weighted by atomic mass is 19.1. The number of nitrogens with zero attached hydrogens (tertiary/aromatic N) is 1. The Labute approximate surface area is 130 Å². The molecular weight excluding hydrogens is 283 g/mol. The maximum absolute atomic E-state index is 13.2. The molecule has 3 rings (SSSR count). The van der Waals surface area contributed by atoms with Gasteiger partial charge in [-0.05, 0) is 37.0 Å². The van der Waals surface area contributed by atoms with Crippen LogP contribution >= 0.6 is 0 Å². The summed E-state index contributed by atoms with van der Waals surface area (Å²) >= 11 is 0. The lowest BCUT2D eigenvalue weighted by Gasteiger charge is -2.52. The zero-order chi connectivity index (χ0) is 15.7. The number of amides is 1. The van der Waals surface area contributed by atoms with Gasteiger partial charge in [0.25, 0.3) is 0 Å². The van der Waals surface area contributed by atoms with E-state index < -0.39 is 5.60 Å². The molecule has 2 aliphatic rings. The topological polar surface area (TPSA) is 66.6 Å². The van der Waals surface area contributed by atoms with E-state index in [9.17, 15) is 14.3 Å². The molecule has 4 nitrogen and oxygen atoms in total. The Morgan fingerprint density at radius 1 is 1.32 bits per heavy atom. The minimum absolute atomic E-state index is 0.0693. The van der Waals surface area contributed by atoms with Gasteiger partial charge in [0.2, 0.25) is 5.91 Å². The molecule has 2 fully saturated rings. The molecule has 1 heterocycles. The number of carbonyl (C=O) groups excluding carboxylic acids is 1. The summed E-state index contributed by atoms with van der Waals surface area (Å²) in [6, 6.07) is 6.32. The number of likely N-dealkylation sites (tertiary alicyclic amines) is 1. The van der Waals surface area contributed by atoms with Gasteiger partial charge < -0.3 is 10.8 Å². The van der Waals surface area contributed by atoms with Crippen LogP contribution in [0, 0.1) is 11.7 Å². The summed E-state index contributed by atoms with van der Waals surface area (Å²) in [4.78, 5) is 13.4. The Balaban J connectivity index is 1.96. The van der Waals surface area contributed by atoms with Crippen LogP contribution in [-0.4, -0.2) is 34.6 Å². The SMILES string of the molecule is NC(=O)CN1CC[C@@]2(O)CCCC[C@H]2[C@H]1c1ccc(F)cc1. The van der Waals surface area contributed by atoms with Crippen LogP contribution in [0.2, 0.25) is 0 Å². The summed E-state index contributed by atoms with van der Waals surface area (Å²) in [5.74, 6) is -0.576. The van der Waals surface area contributed by atoms with Crippen molar-refractivity contribution in [1.29, 1.82) is 0 Å². The van der Waals surface area contributed by atoms with Crippen LogP contribution in [0.5, 0.6) is 0 Å². The molecule has 5 heteroatoms. The third kappa shape index (κ3) is 2.88. The molecule has 3 atom stereocenters. The number of carbonyl (C=O) groups is 1. The monoisotopic (exact) mass is 306 g/mol. The highest BCUT2D eigenvalue weighted by molar-refractivity contribution is 5.76. The van der Waals surface area contributed by atoms with Gasteiger partial charge in [-0.2, -0.15) is 0 Å². The number of hydrogen-bond acceptors (Lipinski definition) is 3. The van der Waals surface area contributed by atoms with Crippen molar-refractivity contribution in [2.75, 3.05) is 13.1 Å². The second-order valence-corrected chi connectivity index (χ2v) is 6.64. The molecule has 1 aliphatic heterocycles. The standard InChI is InChI=1S/C17H23FN2O2/c18-13-6-4-12(5-7-13)16-14-3-1-2-8-17(14,22)9-10-20(16)11-15(19)21/h4-7,14,16,22H,1-3,8-11H2,(H2,19,21)/t14-,16+,17-/m0/s1. The second-order valence-electron chi connectivity index (χ2n) is 6.64. The van der Waals surface area contributed by atoms with Crippen molar-refractivity contribution in [3.05, 3.63) is 35.6 Å². The Morgan fingerprint density at radius 2 is 2.05 bits per heavy atom. The van der Waals surface area contributed by atoms with Crippen molar-refractivity contribution in [3.63, 3.8) is 0 Å². The fraction of sp³-hybridized carbons (Fsp3) is 0.588. The van der Waals surface area contributed by atoms with Crippen molar-refractivity contribution in [3.8, 4) is 0 Å². The summed E-state index contributed by atoms with van der Waals surface area (Å²) in [5.41, 5.74) is 5.66. The third-order valence-electron chi connectivity index (χ3n) is 5.24. The molecule has 22 heavy (non-hydrogen) atoms. The highest BCUT2D eigenvalue weighted by Gasteiger charge is 2.48. The van der Waals surface area contributed by atoms with Crippen molar-refractivity contribution in [2.45, 2.75) is 43.7 Å². The number of hydrogen-bond donors (Lipinski definition) is 2. The van der Waals surface area contributed by atoms with Gasteiger partial charge in [0, 0.05) is 18.5 Å². The lowest BCUT2D eigenvalue weighted by atomic mass is 9.66. The second kappa shape index (κ2) is 5.97. The predicted octanol–water partition coefficient (Wildman–Crippen LogP) is 1.98. The predicted molar refractivity (Wildman–Crippen MR) is 81.4 cm³/mol. The molecule has 3 N–H and O–H groups in total. The van der Waals surface area contributed by atoms with E-state index in [2.05, 4.69) is 0 Å². The lowest BCUT2D eigenvalue weighted by Crippen LogP contribution is -2.56. The number of primary amides is 1. The summed E-state index contributed by atoms with van der Waals surface area (Å²) in [5, 5.41) is 11.0. The van der Waals surface area contributed by atoms with E-state index in [1.54, 1.807) is 12.1 Å². The Morgan fingerprint density at radius 3 is 2.73 bits per heavy atom. The van der Waals surface area contributed by atoms with Crippen LogP contribution in [0.15, 0.2) is 24.3 Å². The molecule has 1 aliphatic carbocycles. The molecule has 120 valence electrons. The number of halogens is 1. The highest BCUT2D eigenvalue weighted by Crippen LogP contribution is 2.49. The number of fused-ring (bicyclic) bond motifs is 1. The zero-order valence-corrected chi connectivity index (χ0v) is 12.7. The summed E-state index contributed by atoms with van der Waals surface area (Å²) < 4.78 is 13.2. The third-order valence-corrected chi connectivity index (χ3v) is 5.24. The van der Waals surface area contributed by atoms with E-state index in [4.69, 9.17) is 5.73 Å². The van der Waals surface area contributed by atoms with E-state index in [0.29, 0.717) is 13.0 Å². The first-order chi connectivity index (χ1) is 10.5.